The number of carbonyl (C=O) groups excluding carboxylic acids is 1. The van der Waals surface area contributed by atoms with Crippen molar-refractivity contribution < 1.29 is 9.53 Å². The van der Waals surface area contributed by atoms with Gasteiger partial charge in [-0.1, -0.05) is 30.3 Å². The SMILES string of the molecule is COc1cccc(-c2cccc(C(=O)N3CCN(Cc4ccccn4)CC3)c2)c1. The highest BCUT2D eigenvalue weighted by atomic mass is 16.5. The minimum atomic E-state index is 0.0900. The highest BCUT2D eigenvalue weighted by Gasteiger charge is 2.22. The molecule has 0 aliphatic carbocycles. The molecule has 2 aromatic carbocycles. The number of aromatic nitrogens is 1. The molecule has 0 unspecified atom stereocenters. The lowest BCUT2D eigenvalue weighted by molar-refractivity contribution is 0.0627. The minimum Gasteiger partial charge on any atom is -0.497 e. The van der Waals surface area contributed by atoms with Crippen LogP contribution in [0.3, 0.4) is 0 Å². The number of amides is 1. The zero-order valence-corrected chi connectivity index (χ0v) is 16.6. The molecule has 2 heterocycles. The van der Waals surface area contributed by atoms with E-state index in [4.69, 9.17) is 4.74 Å². The predicted octanol–water partition coefficient (Wildman–Crippen LogP) is 3.72. The van der Waals surface area contributed by atoms with Crippen LogP contribution in [0.2, 0.25) is 0 Å². The first-order valence-electron chi connectivity index (χ1n) is 9.89. The van der Waals surface area contributed by atoms with E-state index in [1.165, 1.54) is 0 Å². The third-order valence-electron chi connectivity index (χ3n) is 5.28. The second-order valence-electron chi connectivity index (χ2n) is 7.20. The van der Waals surface area contributed by atoms with Gasteiger partial charge in [-0.25, -0.2) is 0 Å². The van der Waals surface area contributed by atoms with E-state index in [2.05, 4.69) is 9.88 Å². The van der Waals surface area contributed by atoms with Crippen LogP contribution in [0.15, 0.2) is 72.9 Å². The van der Waals surface area contributed by atoms with E-state index in [1.807, 2.05) is 77.8 Å². The number of piperazine rings is 1. The third kappa shape index (κ3) is 4.63. The monoisotopic (exact) mass is 387 g/mol. The van der Waals surface area contributed by atoms with Crippen LogP contribution in [0.4, 0.5) is 0 Å². The second kappa shape index (κ2) is 8.88. The summed E-state index contributed by atoms with van der Waals surface area (Å²) in [7, 11) is 1.66. The Morgan fingerprint density at radius 1 is 0.931 bits per heavy atom. The Morgan fingerprint density at radius 2 is 1.69 bits per heavy atom. The molecule has 0 N–H and O–H groups in total. The van der Waals surface area contributed by atoms with Gasteiger partial charge in [0.1, 0.15) is 5.75 Å². The number of benzene rings is 2. The van der Waals surface area contributed by atoms with Gasteiger partial charge in [-0.2, -0.15) is 0 Å². The van der Waals surface area contributed by atoms with Gasteiger partial charge in [0.15, 0.2) is 0 Å². The Hall–Kier alpha value is -3.18. The Morgan fingerprint density at radius 3 is 2.41 bits per heavy atom. The molecule has 3 aromatic rings. The van der Waals surface area contributed by atoms with E-state index in [-0.39, 0.29) is 5.91 Å². The first kappa shape index (κ1) is 19.2. The summed E-state index contributed by atoms with van der Waals surface area (Å²) >= 11 is 0. The van der Waals surface area contributed by atoms with Crippen molar-refractivity contribution in [2.45, 2.75) is 6.54 Å². The van der Waals surface area contributed by atoms with Crippen LogP contribution >= 0.6 is 0 Å². The van der Waals surface area contributed by atoms with Gasteiger partial charge in [0.2, 0.25) is 0 Å². The number of rotatable bonds is 5. The molecule has 1 fully saturated rings. The molecule has 5 nitrogen and oxygen atoms in total. The smallest absolute Gasteiger partial charge is 0.253 e. The topological polar surface area (TPSA) is 45.7 Å². The van der Waals surface area contributed by atoms with Crippen LogP contribution < -0.4 is 4.74 Å². The molecule has 0 saturated carbocycles. The standard InChI is InChI=1S/C24H25N3O2/c1-29-23-10-5-7-20(17-23)19-6-4-8-21(16-19)24(28)27-14-12-26(13-15-27)18-22-9-2-3-11-25-22/h2-11,16-17H,12-15,18H2,1H3. The van der Waals surface area contributed by atoms with Crippen LogP contribution in [0.5, 0.6) is 5.75 Å². The normalized spacial score (nSPS) is 14.6. The van der Waals surface area contributed by atoms with Crippen molar-refractivity contribution >= 4 is 5.91 Å². The molecule has 0 bridgehead atoms. The molecule has 1 aliphatic rings. The predicted molar refractivity (Wildman–Crippen MR) is 114 cm³/mol. The Kier molecular flexibility index (Phi) is 5.86. The summed E-state index contributed by atoms with van der Waals surface area (Å²) in [6.07, 6.45) is 1.82. The molecular weight excluding hydrogens is 362 g/mol. The molecule has 5 heteroatoms. The van der Waals surface area contributed by atoms with E-state index in [1.54, 1.807) is 7.11 Å². The fraction of sp³-hybridized carbons (Fsp3) is 0.250. The molecule has 0 atom stereocenters. The minimum absolute atomic E-state index is 0.0900. The first-order valence-corrected chi connectivity index (χ1v) is 9.89. The summed E-state index contributed by atoms with van der Waals surface area (Å²) in [5.74, 6) is 0.899. The van der Waals surface area contributed by atoms with E-state index in [0.717, 1.165) is 60.9 Å². The third-order valence-corrected chi connectivity index (χ3v) is 5.28. The number of ether oxygens (including phenoxy) is 1. The molecule has 1 amide bonds. The van der Waals surface area contributed by atoms with Gasteiger partial charge in [-0.15, -0.1) is 0 Å². The zero-order chi connectivity index (χ0) is 20.1. The van der Waals surface area contributed by atoms with Gasteiger partial charge in [0.05, 0.1) is 12.8 Å². The molecule has 0 radical (unpaired) electrons. The quantitative estimate of drug-likeness (QED) is 0.669. The van der Waals surface area contributed by atoms with Gasteiger partial charge in [0, 0.05) is 44.5 Å². The molecule has 4 rings (SSSR count). The van der Waals surface area contributed by atoms with Gasteiger partial charge in [-0.3, -0.25) is 14.7 Å². The number of hydrogen-bond donors (Lipinski definition) is 0. The van der Waals surface area contributed by atoms with Crippen molar-refractivity contribution in [1.82, 2.24) is 14.8 Å². The largest absolute Gasteiger partial charge is 0.497 e. The van der Waals surface area contributed by atoms with Crippen molar-refractivity contribution in [3.63, 3.8) is 0 Å². The molecule has 0 spiro atoms. The molecule has 1 aliphatic heterocycles. The lowest BCUT2D eigenvalue weighted by Crippen LogP contribution is -2.48. The highest BCUT2D eigenvalue weighted by Crippen LogP contribution is 2.25. The van der Waals surface area contributed by atoms with Crippen LogP contribution in [0.1, 0.15) is 16.1 Å². The van der Waals surface area contributed by atoms with E-state index in [0.29, 0.717) is 0 Å². The Balaban J connectivity index is 1.41. The van der Waals surface area contributed by atoms with Crippen LogP contribution in [-0.4, -0.2) is 54.0 Å². The summed E-state index contributed by atoms with van der Waals surface area (Å²) in [5, 5.41) is 0. The van der Waals surface area contributed by atoms with Crippen LogP contribution in [-0.2, 0) is 6.54 Å². The number of methoxy groups -OCH3 is 1. The van der Waals surface area contributed by atoms with E-state index < -0.39 is 0 Å². The van der Waals surface area contributed by atoms with Crippen LogP contribution in [0, 0.1) is 0 Å². The number of carbonyl (C=O) groups is 1. The average Bonchev–Trinajstić information content (AvgIpc) is 2.80. The molecule has 148 valence electrons. The molecule has 1 saturated heterocycles. The van der Waals surface area contributed by atoms with E-state index in [9.17, 15) is 4.79 Å². The summed E-state index contributed by atoms with van der Waals surface area (Å²) in [4.78, 5) is 21.7. The lowest BCUT2D eigenvalue weighted by Gasteiger charge is -2.34. The summed E-state index contributed by atoms with van der Waals surface area (Å²) < 4.78 is 5.32. The van der Waals surface area contributed by atoms with Gasteiger partial charge in [-0.05, 0) is 47.5 Å². The zero-order valence-electron chi connectivity index (χ0n) is 16.6. The van der Waals surface area contributed by atoms with Gasteiger partial charge in [0.25, 0.3) is 5.91 Å². The van der Waals surface area contributed by atoms with Crippen molar-refractivity contribution in [2.75, 3.05) is 33.3 Å². The van der Waals surface area contributed by atoms with E-state index >= 15 is 0 Å². The molecule has 1 aromatic heterocycles. The lowest BCUT2D eigenvalue weighted by atomic mass is 10.0. The maximum Gasteiger partial charge on any atom is 0.253 e. The fourth-order valence-electron chi connectivity index (χ4n) is 3.65. The maximum atomic E-state index is 13.0. The van der Waals surface area contributed by atoms with Crippen LogP contribution in [0.25, 0.3) is 11.1 Å². The Labute approximate surface area is 171 Å². The number of pyridine rings is 1. The molecule has 29 heavy (non-hydrogen) atoms. The first-order chi connectivity index (χ1) is 14.2. The highest BCUT2D eigenvalue weighted by molar-refractivity contribution is 5.95. The van der Waals surface area contributed by atoms with Crippen molar-refractivity contribution in [2.24, 2.45) is 0 Å². The maximum absolute atomic E-state index is 13.0. The second-order valence-corrected chi connectivity index (χ2v) is 7.20. The number of hydrogen-bond acceptors (Lipinski definition) is 4. The van der Waals surface area contributed by atoms with Crippen molar-refractivity contribution in [1.29, 1.82) is 0 Å². The summed E-state index contributed by atoms with van der Waals surface area (Å²) in [5.41, 5.74) is 3.85. The summed E-state index contributed by atoms with van der Waals surface area (Å²) in [6, 6.07) is 21.7. The summed E-state index contributed by atoms with van der Waals surface area (Å²) in [6.45, 7) is 4.01. The fourth-order valence-corrected chi connectivity index (χ4v) is 3.65. The van der Waals surface area contributed by atoms with Gasteiger partial charge >= 0.3 is 0 Å². The Bertz CT molecular complexity index is 967. The molecular formula is C24H25N3O2. The van der Waals surface area contributed by atoms with Gasteiger partial charge < -0.3 is 9.64 Å². The van der Waals surface area contributed by atoms with Crippen molar-refractivity contribution in [3.8, 4) is 16.9 Å². The van der Waals surface area contributed by atoms with Crippen molar-refractivity contribution in [3.05, 3.63) is 84.2 Å². The number of nitrogens with zero attached hydrogens (tertiary/aromatic N) is 3. The average molecular weight is 387 g/mol.